The summed E-state index contributed by atoms with van der Waals surface area (Å²) in [5, 5.41) is 6.50. The first-order valence-electron chi connectivity index (χ1n) is 11.2. The monoisotopic (exact) mass is 425 g/mol. The average Bonchev–Trinajstić information content (AvgIpc) is 2.74. The van der Waals surface area contributed by atoms with E-state index >= 15 is 0 Å². The van der Waals surface area contributed by atoms with Crippen molar-refractivity contribution in [3.05, 3.63) is 82.9 Å². The Hall–Kier alpha value is -3.40. The lowest BCUT2D eigenvalue weighted by atomic mass is 9.87. The van der Waals surface area contributed by atoms with Gasteiger partial charge in [-0.25, -0.2) is 5.43 Å². The van der Waals surface area contributed by atoms with Crippen molar-refractivity contribution in [3.63, 3.8) is 0 Å². The summed E-state index contributed by atoms with van der Waals surface area (Å²) >= 11 is 0. The summed E-state index contributed by atoms with van der Waals surface area (Å²) < 4.78 is 0. The second-order valence-corrected chi connectivity index (χ2v) is 9.06. The highest BCUT2D eigenvalue weighted by Crippen LogP contribution is 2.39. The van der Waals surface area contributed by atoms with Crippen LogP contribution < -0.4 is 10.3 Å². The van der Waals surface area contributed by atoms with E-state index in [9.17, 15) is 4.79 Å². The standard InChI is InChI=1S/C28H31N3O/c1-6-31-26-14-19(2)23(15-25(26)20(3)17-28(31,4)5)18-29-30-27(32)16-22-12-9-11-21-10-7-8-13-24(21)22/h7-15,17-18H,6,16H2,1-5H3,(H,30,32)/b29-18+. The predicted octanol–water partition coefficient (Wildman–Crippen LogP) is 5.86. The summed E-state index contributed by atoms with van der Waals surface area (Å²) in [7, 11) is 0. The van der Waals surface area contributed by atoms with Gasteiger partial charge in [-0.2, -0.15) is 5.10 Å². The number of aryl methyl sites for hydroxylation is 1. The van der Waals surface area contributed by atoms with Gasteiger partial charge >= 0.3 is 0 Å². The summed E-state index contributed by atoms with van der Waals surface area (Å²) in [6, 6.07) is 18.6. The highest BCUT2D eigenvalue weighted by atomic mass is 16.2. The molecule has 1 amide bonds. The van der Waals surface area contributed by atoms with Gasteiger partial charge in [0.1, 0.15) is 0 Å². The fraction of sp³-hybridized carbons (Fsp3) is 0.286. The zero-order valence-electron chi connectivity index (χ0n) is 19.6. The zero-order chi connectivity index (χ0) is 22.9. The Morgan fingerprint density at radius 1 is 1.09 bits per heavy atom. The fourth-order valence-electron chi connectivity index (χ4n) is 4.79. The maximum Gasteiger partial charge on any atom is 0.244 e. The Balaban J connectivity index is 1.52. The summed E-state index contributed by atoms with van der Waals surface area (Å²) in [4.78, 5) is 15.0. The lowest BCUT2D eigenvalue weighted by molar-refractivity contribution is -0.120. The van der Waals surface area contributed by atoms with E-state index < -0.39 is 0 Å². The molecule has 0 saturated carbocycles. The van der Waals surface area contributed by atoms with Crippen LogP contribution in [0.25, 0.3) is 16.3 Å². The van der Waals surface area contributed by atoms with E-state index in [2.05, 4.69) is 86.5 Å². The van der Waals surface area contributed by atoms with Gasteiger partial charge in [0.05, 0.1) is 18.2 Å². The van der Waals surface area contributed by atoms with Gasteiger partial charge in [-0.3, -0.25) is 4.79 Å². The van der Waals surface area contributed by atoms with Crippen LogP contribution in [0.1, 0.15) is 49.9 Å². The van der Waals surface area contributed by atoms with E-state index in [1.54, 1.807) is 6.21 Å². The molecule has 4 heteroatoms. The molecule has 1 aliphatic heterocycles. The molecule has 0 aromatic heterocycles. The van der Waals surface area contributed by atoms with Crippen molar-refractivity contribution in [1.29, 1.82) is 0 Å². The van der Waals surface area contributed by atoms with Crippen LogP contribution in [-0.2, 0) is 11.2 Å². The molecule has 4 rings (SSSR count). The van der Waals surface area contributed by atoms with Crippen LogP contribution in [0.5, 0.6) is 0 Å². The number of carbonyl (C=O) groups is 1. The third-order valence-corrected chi connectivity index (χ3v) is 6.31. The van der Waals surface area contributed by atoms with Crippen molar-refractivity contribution >= 4 is 34.2 Å². The molecule has 164 valence electrons. The van der Waals surface area contributed by atoms with Crippen LogP contribution in [0.4, 0.5) is 5.69 Å². The number of benzene rings is 3. The second-order valence-electron chi connectivity index (χ2n) is 9.06. The second kappa shape index (κ2) is 8.62. The molecule has 32 heavy (non-hydrogen) atoms. The number of amides is 1. The molecule has 0 unspecified atom stereocenters. The zero-order valence-corrected chi connectivity index (χ0v) is 19.6. The number of nitrogens with one attached hydrogen (secondary N) is 1. The third kappa shape index (κ3) is 4.18. The lowest BCUT2D eigenvalue weighted by Crippen LogP contribution is -2.45. The van der Waals surface area contributed by atoms with E-state index in [0.29, 0.717) is 6.42 Å². The van der Waals surface area contributed by atoms with Gasteiger partial charge in [-0.1, -0.05) is 48.5 Å². The van der Waals surface area contributed by atoms with Crippen molar-refractivity contribution in [2.75, 3.05) is 11.4 Å². The normalized spacial score (nSPS) is 15.0. The minimum absolute atomic E-state index is 0.0105. The van der Waals surface area contributed by atoms with Crippen LogP contribution in [0.2, 0.25) is 0 Å². The van der Waals surface area contributed by atoms with Crippen LogP contribution in [-0.4, -0.2) is 24.2 Å². The Morgan fingerprint density at radius 3 is 2.62 bits per heavy atom. The molecule has 1 N–H and O–H groups in total. The maximum atomic E-state index is 12.5. The molecule has 0 fully saturated rings. The summed E-state index contributed by atoms with van der Waals surface area (Å²) in [5.74, 6) is -0.122. The lowest BCUT2D eigenvalue weighted by Gasteiger charge is -2.43. The van der Waals surface area contributed by atoms with Gasteiger partial charge in [-0.05, 0) is 79.8 Å². The Morgan fingerprint density at radius 2 is 1.84 bits per heavy atom. The molecule has 0 atom stereocenters. The number of hydrogen-bond donors (Lipinski definition) is 1. The Bertz CT molecular complexity index is 1230. The third-order valence-electron chi connectivity index (χ3n) is 6.31. The topological polar surface area (TPSA) is 44.7 Å². The number of rotatable bonds is 5. The number of anilines is 1. The quantitative estimate of drug-likeness (QED) is 0.411. The number of hydrazone groups is 1. The average molecular weight is 426 g/mol. The number of hydrogen-bond acceptors (Lipinski definition) is 3. The van der Waals surface area contributed by atoms with Gasteiger partial charge in [0, 0.05) is 17.8 Å². The molecule has 0 aliphatic carbocycles. The Labute approximate surface area is 190 Å². The number of fused-ring (bicyclic) bond motifs is 2. The number of likely N-dealkylation sites (N-methyl/N-ethyl adjacent to an activating group) is 1. The molecule has 1 heterocycles. The molecular formula is C28H31N3O. The van der Waals surface area contributed by atoms with E-state index in [4.69, 9.17) is 0 Å². The van der Waals surface area contributed by atoms with Crippen LogP contribution in [0, 0.1) is 6.92 Å². The van der Waals surface area contributed by atoms with E-state index in [1.165, 1.54) is 16.8 Å². The number of nitrogens with zero attached hydrogens (tertiary/aromatic N) is 2. The first-order chi connectivity index (χ1) is 15.3. The van der Waals surface area contributed by atoms with Crippen LogP contribution in [0.3, 0.4) is 0 Å². The number of carbonyl (C=O) groups excluding carboxylic acids is 1. The van der Waals surface area contributed by atoms with E-state index in [-0.39, 0.29) is 11.4 Å². The van der Waals surface area contributed by atoms with E-state index in [1.807, 2.05) is 24.3 Å². The van der Waals surface area contributed by atoms with Crippen molar-refractivity contribution in [3.8, 4) is 0 Å². The van der Waals surface area contributed by atoms with Gasteiger partial charge in [0.15, 0.2) is 0 Å². The van der Waals surface area contributed by atoms with Crippen LogP contribution >= 0.6 is 0 Å². The molecule has 1 aliphatic rings. The molecule has 3 aromatic rings. The molecule has 0 bridgehead atoms. The highest BCUT2D eigenvalue weighted by molar-refractivity contribution is 5.92. The molecule has 4 nitrogen and oxygen atoms in total. The smallest absolute Gasteiger partial charge is 0.244 e. The minimum atomic E-state index is -0.122. The Kier molecular flexibility index (Phi) is 5.88. The molecule has 0 saturated heterocycles. The number of allylic oxidation sites excluding steroid dienone is 1. The minimum Gasteiger partial charge on any atom is -0.363 e. The van der Waals surface area contributed by atoms with Crippen molar-refractivity contribution in [2.45, 2.75) is 46.6 Å². The molecule has 3 aromatic carbocycles. The summed E-state index contributed by atoms with van der Waals surface area (Å²) in [5.41, 5.74) is 9.59. The molecule has 0 spiro atoms. The summed E-state index contributed by atoms with van der Waals surface area (Å²) in [6.45, 7) is 11.9. The van der Waals surface area contributed by atoms with Crippen molar-refractivity contribution in [1.82, 2.24) is 5.43 Å². The fourth-order valence-corrected chi connectivity index (χ4v) is 4.79. The molecule has 0 radical (unpaired) electrons. The van der Waals surface area contributed by atoms with Gasteiger partial charge in [0.25, 0.3) is 0 Å². The van der Waals surface area contributed by atoms with Gasteiger partial charge < -0.3 is 4.90 Å². The summed E-state index contributed by atoms with van der Waals surface area (Å²) in [6.07, 6.45) is 4.37. The van der Waals surface area contributed by atoms with Gasteiger partial charge in [-0.15, -0.1) is 0 Å². The first-order valence-corrected chi connectivity index (χ1v) is 11.2. The highest BCUT2D eigenvalue weighted by Gasteiger charge is 2.30. The SMILES string of the molecule is CCN1c2cc(C)c(/C=N/NC(=O)Cc3cccc4ccccc34)cc2C(C)=CC1(C)C. The van der Waals surface area contributed by atoms with Crippen molar-refractivity contribution in [2.24, 2.45) is 5.10 Å². The first kappa shape index (κ1) is 21.8. The maximum absolute atomic E-state index is 12.5. The van der Waals surface area contributed by atoms with E-state index in [0.717, 1.165) is 34.0 Å². The predicted molar refractivity (Wildman–Crippen MR) is 135 cm³/mol. The molecular weight excluding hydrogens is 394 g/mol. The van der Waals surface area contributed by atoms with Gasteiger partial charge in [0.2, 0.25) is 5.91 Å². The largest absolute Gasteiger partial charge is 0.363 e. The van der Waals surface area contributed by atoms with Crippen LogP contribution in [0.15, 0.2) is 65.8 Å². The van der Waals surface area contributed by atoms with Crippen molar-refractivity contribution < 1.29 is 4.79 Å².